The van der Waals surface area contributed by atoms with E-state index in [1.165, 1.54) is 18.2 Å². The van der Waals surface area contributed by atoms with Gasteiger partial charge in [-0.3, -0.25) is 0 Å². The molecule has 0 saturated heterocycles. The summed E-state index contributed by atoms with van der Waals surface area (Å²) in [6, 6.07) is 13.3. The molecule has 0 fully saturated rings. The summed E-state index contributed by atoms with van der Waals surface area (Å²) in [5.41, 5.74) is 0.829. The zero-order chi connectivity index (χ0) is 16.0. The molecule has 1 aliphatic rings. The van der Waals surface area contributed by atoms with Crippen LogP contribution in [0.2, 0.25) is 0 Å². The van der Waals surface area contributed by atoms with Gasteiger partial charge >= 0.3 is 0 Å². The Morgan fingerprint density at radius 1 is 1.13 bits per heavy atom. The first kappa shape index (κ1) is 13.2. The predicted octanol–water partition coefficient (Wildman–Crippen LogP) is 2.16. The first-order valence-corrected chi connectivity index (χ1v) is 6.85. The number of halogens is 1. The van der Waals surface area contributed by atoms with Gasteiger partial charge in [-0.2, -0.15) is 5.26 Å². The third-order valence-corrected chi connectivity index (χ3v) is 3.66. The van der Waals surface area contributed by atoms with E-state index in [0.717, 1.165) is 0 Å². The van der Waals surface area contributed by atoms with Crippen molar-refractivity contribution in [2.24, 2.45) is 9.98 Å². The van der Waals surface area contributed by atoms with Crippen LogP contribution in [0.25, 0.3) is 16.5 Å². The highest BCUT2D eigenvalue weighted by Crippen LogP contribution is 2.35. The lowest BCUT2D eigenvalue weighted by molar-refractivity contribution is 0.457. The molecule has 2 aromatic carbocycles. The molecule has 1 aliphatic heterocycles. The second kappa shape index (κ2) is 4.78. The fraction of sp³-hybridized carbons (Fsp3) is 0. The molecule has 0 atom stereocenters. The second-order valence-electron chi connectivity index (χ2n) is 5.06. The molecule has 0 bridgehead atoms. The quantitative estimate of drug-likeness (QED) is 0.675. The van der Waals surface area contributed by atoms with Gasteiger partial charge in [0.25, 0.3) is 0 Å². The Bertz CT molecular complexity index is 1110. The molecular weight excluding hydrogens is 295 g/mol. The van der Waals surface area contributed by atoms with E-state index >= 15 is 0 Å². The number of allylic oxidation sites excluding steroid dienone is 1. The van der Waals surface area contributed by atoms with Crippen molar-refractivity contribution in [2.45, 2.75) is 0 Å². The molecule has 0 aliphatic carbocycles. The number of hydrogen-bond acceptors (Lipinski definition) is 4. The molecule has 0 spiro atoms. The number of aromatic nitrogens is 1. The highest BCUT2D eigenvalue weighted by Gasteiger charge is 2.20. The van der Waals surface area contributed by atoms with Gasteiger partial charge in [-0.15, -0.1) is 0 Å². The number of nitriles is 1. The molecule has 4 rings (SSSR count). The molecular formula is C17H9FN4O. The lowest BCUT2D eigenvalue weighted by Crippen LogP contribution is -2.19. The molecule has 2 N–H and O–H groups in total. The van der Waals surface area contributed by atoms with Crippen LogP contribution in [0.15, 0.2) is 58.3 Å². The van der Waals surface area contributed by atoms with Gasteiger partial charge in [0.2, 0.25) is 0 Å². The summed E-state index contributed by atoms with van der Waals surface area (Å²) in [6.07, 6.45) is 0. The Balaban J connectivity index is 2.05. The molecule has 110 valence electrons. The van der Waals surface area contributed by atoms with Gasteiger partial charge in [-0.1, -0.05) is 12.1 Å². The maximum atomic E-state index is 13.5. The van der Waals surface area contributed by atoms with Crippen LogP contribution >= 0.6 is 0 Å². The van der Waals surface area contributed by atoms with Crippen molar-refractivity contribution in [2.75, 3.05) is 0 Å². The van der Waals surface area contributed by atoms with Gasteiger partial charge in [-0.05, 0) is 30.3 Å². The lowest BCUT2D eigenvalue weighted by Gasteiger charge is -1.99. The number of aromatic amines is 1. The van der Waals surface area contributed by atoms with Gasteiger partial charge in [0, 0.05) is 10.9 Å². The van der Waals surface area contributed by atoms with E-state index in [-0.39, 0.29) is 22.8 Å². The summed E-state index contributed by atoms with van der Waals surface area (Å²) in [4.78, 5) is 11.4. The van der Waals surface area contributed by atoms with Crippen LogP contribution in [0.1, 0.15) is 5.56 Å². The average molecular weight is 304 g/mol. The number of nitrogens with zero attached hydrogens (tertiary/aromatic N) is 3. The number of hydrogen-bond donors (Lipinski definition) is 2. The summed E-state index contributed by atoms with van der Waals surface area (Å²) in [5.74, 6) is -0.464. The van der Waals surface area contributed by atoms with Crippen molar-refractivity contribution in [3.05, 3.63) is 70.4 Å². The number of H-pyrrole nitrogens is 1. The minimum Gasteiger partial charge on any atom is -0.494 e. The van der Waals surface area contributed by atoms with Crippen LogP contribution in [0, 0.1) is 17.1 Å². The lowest BCUT2D eigenvalue weighted by atomic mass is 10.1. The van der Waals surface area contributed by atoms with E-state index in [1.54, 1.807) is 12.1 Å². The van der Waals surface area contributed by atoms with Crippen LogP contribution in [0.3, 0.4) is 0 Å². The molecule has 1 aromatic heterocycles. The molecule has 0 unspecified atom stereocenters. The van der Waals surface area contributed by atoms with E-state index < -0.39 is 5.82 Å². The Kier molecular flexibility index (Phi) is 2.75. The van der Waals surface area contributed by atoms with E-state index in [9.17, 15) is 14.8 Å². The first-order chi connectivity index (χ1) is 11.2. The normalized spacial score (nSPS) is 12.4. The maximum Gasteiger partial charge on any atom is 0.198 e. The number of aromatic hydroxyl groups is 1. The third kappa shape index (κ3) is 1.99. The van der Waals surface area contributed by atoms with Crippen molar-refractivity contribution < 1.29 is 9.50 Å². The molecule has 0 amide bonds. The number of para-hydroxylation sites is 2. The van der Waals surface area contributed by atoms with Gasteiger partial charge in [0.05, 0.1) is 16.3 Å². The molecule has 0 radical (unpaired) electrons. The highest BCUT2D eigenvalue weighted by atomic mass is 19.1. The van der Waals surface area contributed by atoms with Crippen LogP contribution in [-0.4, -0.2) is 10.1 Å². The predicted molar refractivity (Wildman–Crippen MR) is 81.2 cm³/mol. The molecule has 2 heterocycles. The topological polar surface area (TPSA) is 84.5 Å². The Labute approximate surface area is 129 Å². The van der Waals surface area contributed by atoms with Crippen molar-refractivity contribution in [1.82, 2.24) is 4.98 Å². The fourth-order valence-electron chi connectivity index (χ4n) is 2.64. The first-order valence-electron chi connectivity index (χ1n) is 6.85. The molecule has 3 aromatic rings. The number of benzene rings is 2. The SMILES string of the molecule is N#CC(=C1N=c2ccccc2=N1)c1c(O)[nH]c2ccc(F)cc12. The van der Waals surface area contributed by atoms with Crippen LogP contribution < -0.4 is 10.7 Å². The summed E-state index contributed by atoms with van der Waals surface area (Å²) in [6.45, 7) is 0. The molecule has 23 heavy (non-hydrogen) atoms. The minimum absolute atomic E-state index is 0.0931. The van der Waals surface area contributed by atoms with E-state index in [0.29, 0.717) is 21.6 Å². The largest absolute Gasteiger partial charge is 0.494 e. The van der Waals surface area contributed by atoms with Gasteiger partial charge in [0.15, 0.2) is 11.7 Å². The van der Waals surface area contributed by atoms with E-state index in [2.05, 4.69) is 15.0 Å². The third-order valence-electron chi connectivity index (χ3n) is 3.66. The fourth-order valence-corrected chi connectivity index (χ4v) is 2.64. The molecule has 6 heteroatoms. The van der Waals surface area contributed by atoms with Crippen molar-refractivity contribution in [1.29, 1.82) is 5.26 Å². The maximum absolute atomic E-state index is 13.5. The Morgan fingerprint density at radius 3 is 2.48 bits per heavy atom. The van der Waals surface area contributed by atoms with Gasteiger partial charge in [-0.25, -0.2) is 14.4 Å². The second-order valence-corrected chi connectivity index (χ2v) is 5.06. The molecule has 5 nitrogen and oxygen atoms in total. The van der Waals surface area contributed by atoms with Crippen molar-refractivity contribution in [3.63, 3.8) is 0 Å². The number of rotatable bonds is 1. The van der Waals surface area contributed by atoms with Gasteiger partial charge < -0.3 is 10.1 Å². The monoisotopic (exact) mass is 304 g/mol. The van der Waals surface area contributed by atoms with Crippen LogP contribution in [0.4, 0.5) is 4.39 Å². The van der Waals surface area contributed by atoms with Crippen molar-refractivity contribution >= 4 is 16.5 Å². The summed E-state index contributed by atoms with van der Waals surface area (Å²) in [7, 11) is 0. The zero-order valence-corrected chi connectivity index (χ0v) is 11.7. The number of fused-ring (bicyclic) bond motifs is 2. The Morgan fingerprint density at radius 2 is 1.83 bits per heavy atom. The van der Waals surface area contributed by atoms with Crippen LogP contribution in [-0.2, 0) is 0 Å². The zero-order valence-electron chi connectivity index (χ0n) is 11.7. The standard InChI is InChI=1S/C17H9FN4O/c18-9-5-6-12-10(7-9)15(17(23)22-12)11(8-19)16-20-13-3-1-2-4-14(13)21-16/h1-7,22-23H. The summed E-state index contributed by atoms with van der Waals surface area (Å²) in [5, 5.41) is 21.4. The summed E-state index contributed by atoms with van der Waals surface area (Å²) >= 11 is 0. The average Bonchev–Trinajstić information content (AvgIpc) is 3.10. The summed E-state index contributed by atoms with van der Waals surface area (Å²) < 4.78 is 13.5. The smallest absolute Gasteiger partial charge is 0.198 e. The minimum atomic E-state index is -0.455. The highest BCUT2D eigenvalue weighted by molar-refractivity contribution is 5.99. The Hall–Kier alpha value is -3.46. The van der Waals surface area contributed by atoms with E-state index in [1.807, 2.05) is 18.2 Å². The number of nitrogens with one attached hydrogen (secondary N) is 1. The van der Waals surface area contributed by atoms with Crippen LogP contribution in [0.5, 0.6) is 5.88 Å². The molecule has 0 saturated carbocycles. The van der Waals surface area contributed by atoms with E-state index in [4.69, 9.17) is 0 Å². The van der Waals surface area contributed by atoms with Gasteiger partial charge in [0.1, 0.15) is 17.5 Å². The van der Waals surface area contributed by atoms with Crippen molar-refractivity contribution in [3.8, 4) is 11.9 Å².